The standard InChI is InChI=1S/C26H26FN5O2.C2H6/c1-3-21(20-9-5-11-24(28-20)31-16-23(31)26(33)34)32-17(2)12-13-25(29-32)30-14-6-10-22(30)18-7-4-8-19(27)15-18;1-2/h3-5,7-9,11-13,15,22-23H,2,6,10,14,16H2,1H3,(H,33,34);1-2H3/b21-3-;. The Balaban J connectivity index is 0.00000148. The molecule has 1 aromatic carbocycles. The van der Waals surface area contributed by atoms with Gasteiger partial charge in [0.1, 0.15) is 23.5 Å². The number of nitrogens with zero attached hydrogens (tertiary/aromatic N) is 5. The summed E-state index contributed by atoms with van der Waals surface area (Å²) in [5.74, 6) is 0.323. The van der Waals surface area contributed by atoms with Gasteiger partial charge < -0.3 is 14.9 Å². The highest BCUT2D eigenvalue weighted by molar-refractivity contribution is 5.95. The molecule has 8 heteroatoms. The number of carbonyl (C=O) groups is 1. The van der Waals surface area contributed by atoms with Crippen LogP contribution in [-0.2, 0) is 4.79 Å². The number of allylic oxidation sites excluding steroid dienone is 2. The zero-order chi connectivity index (χ0) is 25.8. The number of aliphatic carboxylic acids is 1. The van der Waals surface area contributed by atoms with Crippen LogP contribution in [0.25, 0.3) is 5.70 Å². The number of hydrazone groups is 1. The molecule has 0 aliphatic carbocycles. The van der Waals surface area contributed by atoms with Gasteiger partial charge in [-0.05, 0) is 61.7 Å². The summed E-state index contributed by atoms with van der Waals surface area (Å²) in [4.78, 5) is 19.9. The molecule has 2 unspecified atom stereocenters. The summed E-state index contributed by atoms with van der Waals surface area (Å²) < 4.78 is 13.9. The minimum Gasteiger partial charge on any atom is -0.480 e. The number of carboxylic acids is 1. The maximum atomic E-state index is 13.9. The van der Waals surface area contributed by atoms with Crippen molar-refractivity contribution in [1.29, 1.82) is 0 Å². The molecule has 3 aliphatic heterocycles. The number of aromatic nitrogens is 1. The highest BCUT2D eigenvalue weighted by atomic mass is 19.1. The van der Waals surface area contributed by atoms with Gasteiger partial charge in [0, 0.05) is 6.54 Å². The van der Waals surface area contributed by atoms with Crippen molar-refractivity contribution in [2.75, 3.05) is 18.0 Å². The Kier molecular flexibility index (Phi) is 7.52. The summed E-state index contributed by atoms with van der Waals surface area (Å²) in [5, 5.41) is 15.9. The molecule has 7 nitrogen and oxygen atoms in total. The first-order valence-corrected chi connectivity index (χ1v) is 12.4. The first kappa shape index (κ1) is 25.2. The van der Waals surface area contributed by atoms with E-state index in [2.05, 4.69) is 11.5 Å². The Labute approximate surface area is 211 Å². The minimum atomic E-state index is -0.847. The normalized spacial score (nSPS) is 21.2. The van der Waals surface area contributed by atoms with Crippen LogP contribution in [0.4, 0.5) is 10.2 Å². The number of benzene rings is 1. The quantitative estimate of drug-likeness (QED) is 0.566. The number of anilines is 1. The molecule has 5 rings (SSSR count). The molecule has 0 saturated carbocycles. The summed E-state index contributed by atoms with van der Waals surface area (Å²) in [7, 11) is 0. The van der Waals surface area contributed by atoms with E-state index in [0.717, 1.165) is 36.5 Å². The van der Waals surface area contributed by atoms with E-state index >= 15 is 0 Å². The monoisotopic (exact) mass is 489 g/mol. The topological polar surface area (TPSA) is 72.0 Å². The second-order valence-electron chi connectivity index (χ2n) is 8.56. The number of rotatable bonds is 5. The van der Waals surface area contributed by atoms with Gasteiger partial charge in [-0.15, -0.1) is 5.10 Å². The first-order valence-electron chi connectivity index (χ1n) is 12.4. The molecular weight excluding hydrogens is 457 g/mol. The van der Waals surface area contributed by atoms with E-state index in [0.29, 0.717) is 23.8 Å². The maximum Gasteiger partial charge on any atom is 0.328 e. The smallest absolute Gasteiger partial charge is 0.328 e. The summed E-state index contributed by atoms with van der Waals surface area (Å²) >= 11 is 0. The molecule has 0 bridgehead atoms. The van der Waals surface area contributed by atoms with E-state index in [1.54, 1.807) is 22.0 Å². The average molecular weight is 490 g/mol. The SMILES string of the molecule is C=C1C=CC(N2CCCC2c2cccc(F)c2)=NN1/C(=C\C)c1cccc(N2CC2C(=O)O)n1.CC. The second kappa shape index (κ2) is 10.8. The molecule has 188 valence electrons. The third kappa shape index (κ3) is 5.03. The van der Waals surface area contributed by atoms with Gasteiger partial charge in [0.05, 0.1) is 29.7 Å². The lowest BCUT2D eigenvalue weighted by molar-refractivity contribution is -0.136. The molecular formula is C28H32FN5O2. The number of likely N-dealkylation sites (tertiary alicyclic amines) is 1. The first-order chi connectivity index (χ1) is 17.5. The summed E-state index contributed by atoms with van der Waals surface area (Å²) in [6.07, 6.45) is 7.71. The lowest BCUT2D eigenvalue weighted by Crippen LogP contribution is -2.33. The highest BCUT2D eigenvalue weighted by Gasteiger charge is 2.41. The van der Waals surface area contributed by atoms with Crippen molar-refractivity contribution in [3.8, 4) is 0 Å². The van der Waals surface area contributed by atoms with Gasteiger partial charge in [-0.2, -0.15) is 0 Å². The van der Waals surface area contributed by atoms with Crippen LogP contribution in [0.3, 0.4) is 0 Å². The minimum absolute atomic E-state index is 0.0541. The summed E-state index contributed by atoms with van der Waals surface area (Å²) in [6.45, 7) is 11.3. The van der Waals surface area contributed by atoms with Crippen molar-refractivity contribution >= 4 is 23.3 Å². The molecule has 2 saturated heterocycles. The number of carboxylic acid groups (broad SMARTS) is 1. The van der Waals surface area contributed by atoms with Crippen molar-refractivity contribution in [1.82, 2.24) is 14.9 Å². The number of halogens is 1. The zero-order valence-electron chi connectivity index (χ0n) is 20.9. The van der Waals surface area contributed by atoms with E-state index in [1.165, 1.54) is 6.07 Å². The third-order valence-corrected chi connectivity index (χ3v) is 6.37. The van der Waals surface area contributed by atoms with Crippen molar-refractivity contribution in [3.05, 3.63) is 90.0 Å². The number of hydrogen-bond donors (Lipinski definition) is 1. The van der Waals surface area contributed by atoms with Crippen molar-refractivity contribution in [3.63, 3.8) is 0 Å². The van der Waals surface area contributed by atoms with Gasteiger partial charge in [-0.1, -0.05) is 44.7 Å². The average Bonchev–Trinajstić information content (AvgIpc) is 3.56. The van der Waals surface area contributed by atoms with Crippen LogP contribution >= 0.6 is 0 Å². The Morgan fingerprint density at radius 1 is 1.17 bits per heavy atom. The van der Waals surface area contributed by atoms with E-state index < -0.39 is 12.0 Å². The largest absolute Gasteiger partial charge is 0.480 e. The van der Waals surface area contributed by atoms with Gasteiger partial charge >= 0.3 is 5.97 Å². The molecule has 36 heavy (non-hydrogen) atoms. The molecule has 4 heterocycles. The number of pyridine rings is 1. The van der Waals surface area contributed by atoms with Crippen LogP contribution in [0.1, 0.15) is 50.9 Å². The predicted octanol–water partition coefficient (Wildman–Crippen LogP) is 5.42. The van der Waals surface area contributed by atoms with Gasteiger partial charge in [0.15, 0.2) is 0 Å². The second-order valence-corrected chi connectivity index (χ2v) is 8.56. The molecule has 2 atom stereocenters. The number of amidine groups is 1. The lowest BCUT2D eigenvalue weighted by Gasteiger charge is -2.32. The van der Waals surface area contributed by atoms with E-state index in [1.807, 2.05) is 63.3 Å². The molecule has 0 radical (unpaired) electrons. The van der Waals surface area contributed by atoms with Crippen molar-refractivity contribution in [2.24, 2.45) is 5.10 Å². The lowest BCUT2D eigenvalue weighted by atomic mass is 10.0. The molecule has 1 aromatic heterocycles. The Hall–Kier alpha value is -3.94. The van der Waals surface area contributed by atoms with Crippen LogP contribution in [-0.4, -0.2) is 50.9 Å². The van der Waals surface area contributed by atoms with Crippen LogP contribution in [0.15, 0.2) is 78.1 Å². The van der Waals surface area contributed by atoms with Crippen LogP contribution in [0.5, 0.6) is 0 Å². The van der Waals surface area contributed by atoms with Gasteiger partial charge in [0.25, 0.3) is 0 Å². The highest BCUT2D eigenvalue weighted by Crippen LogP contribution is 2.35. The Morgan fingerprint density at radius 2 is 1.94 bits per heavy atom. The van der Waals surface area contributed by atoms with Crippen molar-refractivity contribution < 1.29 is 14.3 Å². The fourth-order valence-electron chi connectivity index (χ4n) is 4.61. The zero-order valence-corrected chi connectivity index (χ0v) is 20.9. The van der Waals surface area contributed by atoms with E-state index in [4.69, 9.17) is 10.1 Å². The fourth-order valence-corrected chi connectivity index (χ4v) is 4.61. The summed E-state index contributed by atoms with van der Waals surface area (Å²) in [5.41, 5.74) is 3.07. The fraction of sp³-hybridized carbons (Fsp3) is 0.321. The van der Waals surface area contributed by atoms with Gasteiger partial charge in [-0.25, -0.2) is 19.2 Å². The Bertz CT molecular complexity index is 1240. The van der Waals surface area contributed by atoms with Crippen LogP contribution < -0.4 is 4.90 Å². The molecule has 1 N–H and O–H groups in total. The third-order valence-electron chi connectivity index (χ3n) is 6.37. The van der Waals surface area contributed by atoms with E-state index in [-0.39, 0.29) is 11.9 Å². The molecule has 2 aromatic rings. The van der Waals surface area contributed by atoms with Crippen molar-refractivity contribution in [2.45, 2.75) is 45.7 Å². The maximum absolute atomic E-state index is 13.9. The summed E-state index contributed by atoms with van der Waals surface area (Å²) in [6, 6.07) is 11.8. The van der Waals surface area contributed by atoms with E-state index in [9.17, 15) is 14.3 Å². The Morgan fingerprint density at radius 3 is 2.64 bits per heavy atom. The van der Waals surface area contributed by atoms with Crippen LogP contribution in [0, 0.1) is 5.82 Å². The molecule has 3 aliphatic rings. The van der Waals surface area contributed by atoms with Gasteiger partial charge in [0.2, 0.25) is 0 Å². The van der Waals surface area contributed by atoms with Gasteiger partial charge in [-0.3, -0.25) is 0 Å². The molecule has 0 amide bonds. The molecule has 0 spiro atoms. The molecule has 2 fully saturated rings. The predicted molar refractivity (Wildman–Crippen MR) is 141 cm³/mol. The number of hydrogen-bond acceptors (Lipinski definition) is 6. The van der Waals surface area contributed by atoms with Crippen LogP contribution in [0.2, 0.25) is 0 Å².